The highest BCUT2D eigenvalue weighted by Gasteiger charge is 2.16. The zero-order valence-electron chi connectivity index (χ0n) is 9.28. The van der Waals surface area contributed by atoms with Gasteiger partial charge in [-0.1, -0.05) is 23.2 Å². The highest BCUT2D eigenvalue weighted by Crippen LogP contribution is 2.24. The average Bonchev–Trinajstić information content (AvgIpc) is 2.11. The molecule has 0 aliphatic heterocycles. The van der Waals surface area contributed by atoms with Crippen molar-refractivity contribution in [2.75, 3.05) is 6.61 Å². The van der Waals surface area contributed by atoms with Crippen molar-refractivity contribution >= 4 is 34.6 Å². The van der Waals surface area contributed by atoms with Crippen LogP contribution < -0.4 is 4.18 Å². The van der Waals surface area contributed by atoms with Gasteiger partial charge in [0.15, 0.2) is 0 Å². The Morgan fingerprint density at radius 3 is 2.29 bits per heavy atom. The monoisotopic (exact) mass is 298 g/mol. The van der Waals surface area contributed by atoms with Gasteiger partial charge in [-0.15, -0.1) is 0 Å². The fourth-order valence-electron chi connectivity index (χ4n) is 0.872. The van der Waals surface area contributed by atoms with Crippen LogP contribution in [0.1, 0.15) is 13.8 Å². The van der Waals surface area contributed by atoms with E-state index < -0.39 is 17.0 Å². The predicted octanol–water partition coefficient (Wildman–Crippen LogP) is 2.74. The molecule has 0 fully saturated rings. The van der Waals surface area contributed by atoms with Crippen LogP contribution in [0.3, 0.4) is 0 Å². The van der Waals surface area contributed by atoms with Gasteiger partial charge in [0, 0.05) is 22.2 Å². The van der Waals surface area contributed by atoms with E-state index in [2.05, 4.69) is 0 Å². The first-order chi connectivity index (χ1) is 7.76. The summed E-state index contributed by atoms with van der Waals surface area (Å²) in [6.07, 6.45) is 0. The first-order valence-corrected chi connectivity index (χ1v) is 6.44. The molecule has 4 nitrogen and oxygen atoms in total. The fourth-order valence-corrected chi connectivity index (χ4v) is 2.06. The molecule has 0 aromatic heterocycles. The molecule has 96 valence electrons. The van der Waals surface area contributed by atoms with Crippen LogP contribution in [-0.4, -0.2) is 21.5 Å². The third-order valence-corrected chi connectivity index (χ3v) is 2.58. The van der Waals surface area contributed by atoms with Gasteiger partial charge in [0.05, 0.1) is 12.2 Å². The SMILES string of the molecule is CC(C)(O)COS(=O)Oc1cc(Cl)cc(Cl)c1. The lowest BCUT2D eigenvalue weighted by Crippen LogP contribution is -2.27. The van der Waals surface area contributed by atoms with Crippen molar-refractivity contribution in [3.8, 4) is 5.75 Å². The molecular weight excluding hydrogens is 287 g/mol. The second-order valence-electron chi connectivity index (χ2n) is 3.97. The van der Waals surface area contributed by atoms with Crippen molar-refractivity contribution in [1.29, 1.82) is 0 Å². The van der Waals surface area contributed by atoms with Gasteiger partial charge in [0.25, 0.3) is 0 Å². The van der Waals surface area contributed by atoms with E-state index in [1.807, 2.05) is 0 Å². The summed E-state index contributed by atoms with van der Waals surface area (Å²) in [5.74, 6) is 0.233. The lowest BCUT2D eigenvalue weighted by molar-refractivity contribution is 0.0305. The molecule has 1 aromatic carbocycles. The Morgan fingerprint density at radius 2 is 1.82 bits per heavy atom. The molecule has 0 aliphatic carbocycles. The van der Waals surface area contributed by atoms with E-state index in [-0.39, 0.29) is 12.4 Å². The van der Waals surface area contributed by atoms with Crippen LogP contribution in [0.5, 0.6) is 5.75 Å². The molecule has 0 radical (unpaired) electrons. The summed E-state index contributed by atoms with van der Waals surface area (Å²) < 4.78 is 21.1. The molecule has 7 heteroatoms. The molecule has 0 spiro atoms. The van der Waals surface area contributed by atoms with Crippen LogP contribution in [0.25, 0.3) is 0 Å². The molecule has 1 atom stereocenters. The highest BCUT2D eigenvalue weighted by molar-refractivity contribution is 7.75. The van der Waals surface area contributed by atoms with Crippen LogP contribution in [0.15, 0.2) is 18.2 Å². The molecule has 0 amide bonds. The largest absolute Gasteiger partial charge is 0.388 e. The number of halogens is 2. The Kier molecular flexibility index (Phi) is 5.22. The average molecular weight is 299 g/mol. The maximum absolute atomic E-state index is 11.4. The molecule has 0 aliphatic rings. The predicted molar refractivity (Wildman–Crippen MR) is 67.5 cm³/mol. The summed E-state index contributed by atoms with van der Waals surface area (Å²) in [5.41, 5.74) is -1.08. The van der Waals surface area contributed by atoms with Gasteiger partial charge in [-0.2, -0.15) is 4.21 Å². The zero-order chi connectivity index (χ0) is 13.1. The molecule has 1 unspecified atom stereocenters. The third-order valence-electron chi connectivity index (χ3n) is 1.51. The lowest BCUT2D eigenvalue weighted by Gasteiger charge is -2.15. The lowest BCUT2D eigenvalue weighted by atomic mass is 10.2. The second-order valence-corrected chi connectivity index (χ2v) is 5.65. The summed E-state index contributed by atoms with van der Waals surface area (Å²) in [7, 11) is 0. The first-order valence-electron chi connectivity index (χ1n) is 4.68. The van der Waals surface area contributed by atoms with Gasteiger partial charge < -0.3 is 9.29 Å². The number of aliphatic hydroxyl groups is 1. The minimum Gasteiger partial charge on any atom is -0.388 e. The van der Waals surface area contributed by atoms with Crippen LogP contribution in [0, 0.1) is 0 Å². The summed E-state index contributed by atoms with van der Waals surface area (Å²) in [6.45, 7) is 2.94. The Bertz CT molecular complexity index is 397. The Balaban J connectivity index is 2.56. The van der Waals surface area contributed by atoms with Crippen LogP contribution in [0.2, 0.25) is 10.0 Å². The summed E-state index contributed by atoms with van der Waals surface area (Å²) in [5, 5.41) is 10.1. The third kappa shape index (κ3) is 6.24. The van der Waals surface area contributed by atoms with Crippen molar-refractivity contribution in [2.45, 2.75) is 19.4 Å². The number of hydrogen-bond acceptors (Lipinski definition) is 4. The molecule has 1 N–H and O–H groups in total. The second kappa shape index (κ2) is 6.02. The van der Waals surface area contributed by atoms with E-state index >= 15 is 0 Å². The molecule has 17 heavy (non-hydrogen) atoms. The molecule has 0 bridgehead atoms. The van der Waals surface area contributed by atoms with Gasteiger partial charge in [-0.3, -0.25) is 4.18 Å². The van der Waals surface area contributed by atoms with Gasteiger partial charge >= 0.3 is 11.4 Å². The van der Waals surface area contributed by atoms with E-state index in [0.717, 1.165) is 0 Å². The Labute approximate surface area is 112 Å². The minimum absolute atomic E-state index is 0.117. The molecule has 1 aromatic rings. The van der Waals surface area contributed by atoms with Crippen molar-refractivity contribution in [3.05, 3.63) is 28.2 Å². The topological polar surface area (TPSA) is 55.8 Å². The van der Waals surface area contributed by atoms with Crippen LogP contribution >= 0.6 is 23.2 Å². The van der Waals surface area contributed by atoms with Crippen LogP contribution in [-0.2, 0) is 15.5 Å². The van der Waals surface area contributed by atoms with Crippen molar-refractivity contribution in [1.82, 2.24) is 0 Å². The highest BCUT2D eigenvalue weighted by atomic mass is 35.5. The minimum atomic E-state index is -2.01. The summed E-state index contributed by atoms with van der Waals surface area (Å²) >= 11 is 9.47. The summed E-state index contributed by atoms with van der Waals surface area (Å²) in [6, 6.07) is 4.44. The van der Waals surface area contributed by atoms with Crippen LogP contribution in [0.4, 0.5) is 0 Å². The van der Waals surface area contributed by atoms with Gasteiger partial charge in [0.1, 0.15) is 5.75 Å². The molecule has 0 saturated carbocycles. The van der Waals surface area contributed by atoms with Gasteiger partial charge in [-0.25, -0.2) is 0 Å². The van der Waals surface area contributed by atoms with E-state index in [9.17, 15) is 9.32 Å². The normalized spacial score (nSPS) is 13.5. The zero-order valence-corrected chi connectivity index (χ0v) is 11.6. The number of benzene rings is 1. The number of rotatable bonds is 5. The van der Waals surface area contributed by atoms with E-state index in [4.69, 9.17) is 31.6 Å². The van der Waals surface area contributed by atoms with Gasteiger partial charge in [0.2, 0.25) is 0 Å². The van der Waals surface area contributed by atoms with E-state index in [1.165, 1.54) is 32.0 Å². The molecular formula is C10H12Cl2O4S. The maximum Gasteiger partial charge on any atom is 0.360 e. The molecule has 1 rings (SSSR count). The first kappa shape index (κ1) is 14.7. The summed E-state index contributed by atoms with van der Waals surface area (Å²) in [4.78, 5) is 0. The van der Waals surface area contributed by atoms with E-state index in [1.54, 1.807) is 0 Å². The van der Waals surface area contributed by atoms with Crippen molar-refractivity contribution in [2.24, 2.45) is 0 Å². The quantitative estimate of drug-likeness (QED) is 0.908. The smallest absolute Gasteiger partial charge is 0.360 e. The van der Waals surface area contributed by atoms with Gasteiger partial charge in [-0.05, 0) is 19.9 Å². The Hall–Kier alpha value is -0.330. The number of hydrogen-bond donors (Lipinski definition) is 1. The maximum atomic E-state index is 11.4. The molecule has 0 saturated heterocycles. The molecule has 0 heterocycles. The van der Waals surface area contributed by atoms with Crippen molar-refractivity contribution < 1.29 is 17.7 Å². The Morgan fingerprint density at radius 1 is 1.29 bits per heavy atom. The van der Waals surface area contributed by atoms with Crippen molar-refractivity contribution in [3.63, 3.8) is 0 Å². The fraction of sp³-hybridized carbons (Fsp3) is 0.400. The standard InChI is InChI=1S/C10H12Cl2O4S/c1-10(2,13)6-15-17(14)16-9-4-7(11)3-8(12)5-9/h3-5,13H,6H2,1-2H3. The van der Waals surface area contributed by atoms with E-state index in [0.29, 0.717) is 10.0 Å².